The Bertz CT molecular complexity index is 1550. The van der Waals surface area contributed by atoms with Gasteiger partial charge in [-0.25, -0.2) is 13.8 Å². The molecule has 0 heterocycles. The molecule has 0 aliphatic carbocycles. The maximum absolute atomic E-state index is 13.8. The summed E-state index contributed by atoms with van der Waals surface area (Å²) in [4.78, 5) is 13.2. The van der Waals surface area contributed by atoms with E-state index in [2.05, 4.69) is 10.5 Å². The second kappa shape index (κ2) is 11.1. The first-order valence-electron chi connectivity index (χ1n) is 12.1. The topological polar surface area (TPSA) is 78.8 Å². The van der Waals surface area contributed by atoms with E-state index < -0.39 is 15.9 Å². The summed E-state index contributed by atoms with van der Waals surface area (Å²) in [5.74, 6) is -0.519. The summed E-state index contributed by atoms with van der Waals surface area (Å²) in [5, 5.41) is 6.20. The van der Waals surface area contributed by atoms with Crippen molar-refractivity contribution in [2.75, 3.05) is 6.54 Å². The van der Waals surface area contributed by atoms with Gasteiger partial charge < -0.3 is 0 Å². The first-order valence-corrected chi connectivity index (χ1v) is 13.5. The van der Waals surface area contributed by atoms with Gasteiger partial charge in [0.25, 0.3) is 5.91 Å². The molecule has 0 radical (unpaired) electrons. The zero-order valence-corrected chi connectivity index (χ0v) is 22.3. The molecule has 4 rings (SSSR count). The molecule has 0 atom stereocenters. The molecule has 0 aromatic heterocycles. The highest BCUT2D eigenvalue weighted by molar-refractivity contribution is 7.89. The van der Waals surface area contributed by atoms with E-state index >= 15 is 0 Å². The predicted octanol–water partition coefficient (Wildman–Crippen LogP) is 5.41. The number of rotatable bonds is 8. The lowest BCUT2D eigenvalue weighted by atomic mass is 10.1. The number of hydrogen-bond donors (Lipinski definition) is 1. The van der Waals surface area contributed by atoms with E-state index in [1.807, 2.05) is 92.7 Å². The van der Waals surface area contributed by atoms with E-state index in [1.165, 1.54) is 4.31 Å². The molecule has 0 bridgehead atoms. The predicted molar refractivity (Wildman–Crippen MR) is 149 cm³/mol. The number of nitrogens with one attached hydrogen (secondary N) is 1. The van der Waals surface area contributed by atoms with Crippen molar-refractivity contribution in [1.29, 1.82) is 0 Å². The quantitative estimate of drug-likeness (QED) is 0.253. The third kappa shape index (κ3) is 6.13. The number of aryl methyl sites for hydroxylation is 4. The molecule has 0 spiro atoms. The zero-order chi connectivity index (χ0) is 26.6. The Morgan fingerprint density at radius 3 is 2.22 bits per heavy atom. The van der Waals surface area contributed by atoms with Gasteiger partial charge in [-0.15, -0.1) is 0 Å². The summed E-state index contributed by atoms with van der Waals surface area (Å²) in [6.07, 6.45) is 1.58. The van der Waals surface area contributed by atoms with Gasteiger partial charge in [0, 0.05) is 12.1 Å². The van der Waals surface area contributed by atoms with Crippen molar-refractivity contribution in [3.63, 3.8) is 0 Å². The molecule has 1 N–H and O–H groups in total. The smallest absolute Gasteiger partial charge is 0.255 e. The molecule has 4 aromatic rings. The Balaban J connectivity index is 1.59. The van der Waals surface area contributed by atoms with Gasteiger partial charge in [-0.05, 0) is 55.2 Å². The van der Waals surface area contributed by atoms with Crippen LogP contribution in [0.2, 0.25) is 0 Å². The standard InChI is InChI=1S/C30H31N3O3S/c1-21-12-14-25(15-13-21)19-33(37(35,36)30-23(3)16-22(2)17-24(30)4)20-29(34)32-31-18-27-10-7-9-26-8-5-6-11-28(26)27/h5-18H,19-20H2,1-4H3,(H,32,34)/b31-18+. The highest BCUT2D eigenvalue weighted by atomic mass is 32.2. The van der Waals surface area contributed by atoms with Gasteiger partial charge in [0.15, 0.2) is 0 Å². The van der Waals surface area contributed by atoms with Crippen molar-refractivity contribution in [3.8, 4) is 0 Å². The first kappa shape index (κ1) is 26.3. The number of benzene rings is 4. The molecule has 4 aromatic carbocycles. The lowest BCUT2D eigenvalue weighted by Gasteiger charge is -2.24. The van der Waals surface area contributed by atoms with E-state index in [0.29, 0.717) is 11.1 Å². The number of carbonyl (C=O) groups is 1. The minimum Gasteiger partial charge on any atom is -0.272 e. The van der Waals surface area contributed by atoms with Gasteiger partial charge in [0.1, 0.15) is 0 Å². The number of amides is 1. The van der Waals surface area contributed by atoms with Crippen molar-refractivity contribution in [2.24, 2.45) is 5.10 Å². The molecular formula is C30H31N3O3S. The van der Waals surface area contributed by atoms with Gasteiger partial charge >= 0.3 is 0 Å². The van der Waals surface area contributed by atoms with E-state index in [0.717, 1.165) is 33.0 Å². The van der Waals surface area contributed by atoms with Crippen LogP contribution in [0.4, 0.5) is 0 Å². The average molecular weight is 514 g/mol. The third-order valence-electron chi connectivity index (χ3n) is 6.22. The van der Waals surface area contributed by atoms with Crippen molar-refractivity contribution in [2.45, 2.75) is 39.1 Å². The Hall–Kier alpha value is -3.81. The average Bonchev–Trinajstić information content (AvgIpc) is 2.84. The minimum absolute atomic E-state index is 0.0653. The minimum atomic E-state index is -3.97. The number of carbonyl (C=O) groups excluding carboxylic acids is 1. The van der Waals surface area contributed by atoms with Crippen LogP contribution in [0.1, 0.15) is 33.4 Å². The summed E-state index contributed by atoms with van der Waals surface area (Å²) in [5.41, 5.74) is 7.52. The first-order chi connectivity index (χ1) is 17.6. The fourth-order valence-electron chi connectivity index (χ4n) is 4.56. The second-order valence-electron chi connectivity index (χ2n) is 9.35. The molecular weight excluding hydrogens is 482 g/mol. The normalized spacial score (nSPS) is 11.9. The van der Waals surface area contributed by atoms with Gasteiger partial charge in [0.05, 0.1) is 17.7 Å². The summed E-state index contributed by atoms with van der Waals surface area (Å²) in [6, 6.07) is 25.1. The number of sulfonamides is 1. The van der Waals surface area contributed by atoms with Crippen LogP contribution in [0.15, 0.2) is 88.9 Å². The molecule has 0 aliphatic rings. The molecule has 7 heteroatoms. The Labute approximate surface area is 218 Å². The van der Waals surface area contributed by atoms with E-state index in [-0.39, 0.29) is 18.0 Å². The molecule has 0 saturated carbocycles. The van der Waals surface area contributed by atoms with Crippen molar-refractivity contribution < 1.29 is 13.2 Å². The number of hydrogen-bond acceptors (Lipinski definition) is 4. The van der Waals surface area contributed by atoms with Gasteiger partial charge in [0.2, 0.25) is 10.0 Å². The fraction of sp³-hybridized carbons (Fsp3) is 0.200. The van der Waals surface area contributed by atoms with Crippen LogP contribution in [-0.4, -0.2) is 31.4 Å². The van der Waals surface area contributed by atoms with Crippen LogP contribution in [0.5, 0.6) is 0 Å². The van der Waals surface area contributed by atoms with Crippen LogP contribution in [0.3, 0.4) is 0 Å². The Morgan fingerprint density at radius 2 is 1.51 bits per heavy atom. The monoisotopic (exact) mass is 513 g/mol. The highest BCUT2D eigenvalue weighted by Gasteiger charge is 2.30. The van der Waals surface area contributed by atoms with E-state index in [4.69, 9.17) is 0 Å². The molecule has 0 saturated heterocycles. The second-order valence-corrected chi connectivity index (χ2v) is 11.2. The molecule has 0 fully saturated rings. The summed E-state index contributed by atoms with van der Waals surface area (Å²) in [6.45, 7) is 7.17. The lowest BCUT2D eigenvalue weighted by molar-refractivity contribution is -0.121. The van der Waals surface area contributed by atoms with Crippen LogP contribution < -0.4 is 5.43 Å². The summed E-state index contributed by atoms with van der Waals surface area (Å²) < 4.78 is 28.9. The number of nitrogens with zero attached hydrogens (tertiary/aromatic N) is 2. The molecule has 37 heavy (non-hydrogen) atoms. The van der Waals surface area contributed by atoms with Crippen LogP contribution in [0, 0.1) is 27.7 Å². The van der Waals surface area contributed by atoms with Gasteiger partial charge in [-0.2, -0.15) is 9.41 Å². The van der Waals surface area contributed by atoms with Crippen LogP contribution in [0.25, 0.3) is 10.8 Å². The van der Waals surface area contributed by atoms with Crippen molar-refractivity contribution >= 4 is 32.9 Å². The van der Waals surface area contributed by atoms with Gasteiger partial charge in [-0.3, -0.25) is 4.79 Å². The molecule has 0 aliphatic heterocycles. The van der Waals surface area contributed by atoms with E-state index in [1.54, 1.807) is 20.1 Å². The molecule has 1 amide bonds. The summed E-state index contributed by atoms with van der Waals surface area (Å²) in [7, 11) is -3.97. The Kier molecular flexibility index (Phi) is 7.86. The fourth-order valence-corrected chi connectivity index (χ4v) is 6.35. The highest BCUT2D eigenvalue weighted by Crippen LogP contribution is 2.26. The van der Waals surface area contributed by atoms with Gasteiger partial charge in [-0.1, -0.05) is 90.0 Å². The van der Waals surface area contributed by atoms with E-state index in [9.17, 15) is 13.2 Å². The SMILES string of the molecule is Cc1ccc(CN(CC(=O)N/N=C/c2cccc3ccccc23)S(=O)(=O)c2c(C)cc(C)cc2C)cc1. The largest absolute Gasteiger partial charge is 0.272 e. The van der Waals surface area contributed by atoms with Crippen molar-refractivity contribution in [3.05, 3.63) is 112 Å². The van der Waals surface area contributed by atoms with Crippen LogP contribution in [-0.2, 0) is 21.4 Å². The van der Waals surface area contributed by atoms with Crippen LogP contribution >= 0.6 is 0 Å². The third-order valence-corrected chi connectivity index (χ3v) is 8.32. The maximum atomic E-state index is 13.8. The zero-order valence-electron chi connectivity index (χ0n) is 21.5. The van der Waals surface area contributed by atoms with Crippen molar-refractivity contribution in [1.82, 2.24) is 9.73 Å². The molecule has 190 valence electrons. The molecule has 0 unspecified atom stereocenters. The molecule has 6 nitrogen and oxygen atoms in total. The maximum Gasteiger partial charge on any atom is 0.255 e. The lowest BCUT2D eigenvalue weighted by Crippen LogP contribution is -2.39. The number of fused-ring (bicyclic) bond motifs is 1. The summed E-state index contributed by atoms with van der Waals surface area (Å²) >= 11 is 0. The number of hydrazone groups is 1. The Morgan fingerprint density at radius 1 is 0.865 bits per heavy atom.